The lowest BCUT2D eigenvalue weighted by Crippen LogP contribution is -2.15. The Kier molecular flexibility index (Phi) is 2.89. The van der Waals surface area contributed by atoms with E-state index in [1.807, 2.05) is 29.5 Å². The number of aromatic nitrogens is 1. The monoisotopic (exact) mass is 301 g/mol. The highest BCUT2D eigenvalue weighted by molar-refractivity contribution is 7.22. The van der Waals surface area contributed by atoms with Gasteiger partial charge in [-0.3, -0.25) is 0 Å². The number of nitrogens with one attached hydrogen (secondary N) is 1. The van der Waals surface area contributed by atoms with Gasteiger partial charge in [0.1, 0.15) is 0 Å². The van der Waals surface area contributed by atoms with Gasteiger partial charge in [0.25, 0.3) is 0 Å². The van der Waals surface area contributed by atoms with E-state index in [9.17, 15) is 0 Å². The summed E-state index contributed by atoms with van der Waals surface area (Å²) in [5.41, 5.74) is 9.10. The molecule has 1 aliphatic carbocycles. The lowest BCUT2D eigenvalue weighted by molar-refractivity contribution is 0.608. The maximum atomic E-state index is 5.83. The van der Waals surface area contributed by atoms with E-state index in [-0.39, 0.29) is 0 Å². The van der Waals surface area contributed by atoms with Crippen LogP contribution >= 0.6 is 22.7 Å². The van der Waals surface area contributed by atoms with Crippen molar-refractivity contribution in [1.29, 1.82) is 0 Å². The Morgan fingerprint density at radius 1 is 1.30 bits per heavy atom. The van der Waals surface area contributed by atoms with E-state index in [4.69, 9.17) is 5.73 Å². The van der Waals surface area contributed by atoms with Gasteiger partial charge >= 0.3 is 0 Å². The van der Waals surface area contributed by atoms with E-state index in [0.717, 1.165) is 21.0 Å². The molecule has 0 aliphatic heterocycles. The Balaban J connectivity index is 1.65. The fourth-order valence-corrected chi connectivity index (χ4v) is 4.74. The molecule has 1 unspecified atom stereocenters. The van der Waals surface area contributed by atoms with Gasteiger partial charge in [-0.05, 0) is 54.5 Å². The maximum absolute atomic E-state index is 5.83. The first-order valence-electron chi connectivity index (χ1n) is 6.78. The third-order valence-electron chi connectivity index (χ3n) is 3.76. The van der Waals surface area contributed by atoms with Crippen LogP contribution in [-0.2, 0) is 6.42 Å². The summed E-state index contributed by atoms with van der Waals surface area (Å²) in [5, 5.41) is 6.80. The van der Waals surface area contributed by atoms with Gasteiger partial charge < -0.3 is 11.1 Å². The molecular weight excluding hydrogens is 286 g/mol. The van der Waals surface area contributed by atoms with Crippen LogP contribution in [0.2, 0.25) is 0 Å². The lowest BCUT2D eigenvalue weighted by Gasteiger charge is -2.23. The molecule has 0 spiro atoms. The van der Waals surface area contributed by atoms with Crippen molar-refractivity contribution in [3.63, 3.8) is 0 Å². The van der Waals surface area contributed by atoms with E-state index in [1.165, 1.54) is 29.7 Å². The van der Waals surface area contributed by atoms with Crippen LogP contribution in [0.1, 0.15) is 29.3 Å². The highest BCUT2D eigenvalue weighted by Crippen LogP contribution is 2.37. The van der Waals surface area contributed by atoms with Crippen molar-refractivity contribution in [3.05, 3.63) is 40.1 Å². The van der Waals surface area contributed by atoms with Crippen LogP contribution in [0.15, 0.2) is 29.6 Å². The molecule has 1 aliphatic rings. The summed E-state index contributed by atoms with van der Waals surface area (Å²) < 4.78 is 1.15. The first-order valence-corrected chi connectivity index (χ1v) is 8.48. The summed E-state index contributed by atoms with van der Waals surface area (Å²) in [6.07, 6.45) is 3.66. The number of anilines is 2. The fraction of sp³-hybridized carbons (Fsp3) is 0.267. The average Bonchev–Trinajstić information content (AvgIpc) is 3.04. The highest BCUT2D eigenvalue weighted by atomic mass is 32.1. The Labute approximate surface area is 125 Å². The molecule has 0 fully saturated rings. The predicted octanol–water partition coefficient (Wildman–Crippen LogP) is 4.43. The van der Waals surface area contributed by atoms with Crippen molar-refractivity contribution >= 4 is 43.7 Å². The third-order valence-corrected chi connectivity index (χ3v) is 5.71. The third kappa shape index (κ3) is 2.07. The normalized spacial score (nSPS) is 18.1. The largest absolute Gasteiger partial charge is 0.399 e. The molecular formula is C15H15N3S2. The summed E-state index contributed by atoms with van der Waals surface area (Å²) in [6.45, 7) is 0. The molecule has 0 bridgehead atoms. The van der Waals surface area contributed by atoms with E-state index in [2.05, 4.69) is 21.7 Å². The number of fused-ring (bicyclic) bond motifs is 2. The number of hydrogen-bond acceptors (Lipinski definition) is 5. The molecule has 0 amide bonds. The summed E-state index contributed by atoms with van der Waals surface area (Å²) >= 11 is 3.56. The molecule has 0 saturated heterocycles. The van der Waals surface area contributed by atoms with Gasteiger partial charge in [0.15, 0.2) is 5.13 Å². The summed E-state index contributed by atoms with van der Waals surface area (Å²) in [6, 6.07) is 8.55. The topological polar surface area (TPSA) is 50.9 Å². The first kappa shape index (κ1) is 12.2. The van der Waals surface area contributed by atoms with Crippen molar-refractivity contribution in [3.8, 4) is 0 Å². The molecule has 2 aromatic heterocycles. The smallest absolute Gasteiger partial charge is 0.184 e. The molecule has 5 heteroatoms. The van der Waals surface area contributed by atoms with Crippen molar-refractivity contribution in [2.45, 2.75) is 25.3 Å². The number of nitrogens with zero attached hydrogens (tertiary/aromatic N) is 1. The molecule has 102 valence electrons. The molecule has 0 saturated carbocycles. The number of benzene rings is 1. The van der Waals surface area contributed by atoms with Gasteiger partial charge in [0, 0.05) is 10.6 Å². The van der Waals surface area contributed by atoms with E-state index in [1.54, 1.807) is 11.3 Å². The minimum atomic E-state index is 0.405. The molecule has 1 atom stereocenters. The van der Waals surface area contributed by atoms with Gasteiger partial charge in [-0.15, -0.1) is 11.3 Å². The molecule has 3 aromatic rings. The van der Waals surface area contributed by atoms with Gasteiger partial charge in [-0.2, -0.15) is 0 Å². The lowest BCUT2D eigenvalue weighted by atomic mass is 9.94. The second-order valence-corrected chi connectivity index (χ2v) is 7.17. The van der Waals surface area contributed by atoms with Gasteiger partial charge in [-0.25, -0.2) is 4.98 Å². The molecule has 2 heterocycles. The Hall–Kier alpha value is -1.59. The molecule has 20 heavy (non-hydrogen) atoms. The molecule has 1 aromatic carbocycles. The van der Waals surface area contributed by atoms with E-state index in [0.29, 0.717) is 6.04 Å². The zero-order valence-electron chi connectivity index (χ0n) is 10.9. The quantitative estimate of drug-likeness (QED) is 0.688. The van der Waals surface area contributed by atoms with Crippen LogP contribution in [0, 0.1) is 0 Å². The molecule has 3 N–H and O–H groups in total. The summed E-state index contributed by atoms with van der Waals surface area (Å²) in [4.78, 5) is 6.19. The van der Waals surface area contributed by atoms with Crippen LogP contribution in [0.3, 0.4) is 0 Å². The number of nitrogen functional groups attached to an aromatic ring is 1. The minimum absolute atomic E-state index is 0.405. The molecule has 0 radical (unpaired) electrons. The minimum Gasteiger partial charge on any atom is -0.399 e. The number of thiophene rings is 1. The van der Waals surface area contributed by atoms with E-state index >= 15 is 0 Å². The van der Waals surface area contributed by atoms with Crippen molar-refractivity contribution in [2.75, 3.05) is 11.1 Å². The number of thiazole rings is 1. The first-order chi connectivity index (χ1) is 9.79. The number of hydrogen-bond donors (Lipinski definition) is 2. The van der Waals surface area contributed by atoms with Crippen LogP contribution in [0.25, 0.3) is 10.2 Å². The fourth-order valence-electron chi connectivity index (χ4n) is 2.79. The van der Waals surface area contributed by atoms with E-state index < -0.39 is 0 Å². The van der Waals surface area contributed by atoms with Crippen LogP contribution < -0.4 is 11.1 Å². The molecule has 4 rings (SSSR count). The second-order valence-electron chi connectivity index (χ2n) is 5.13. The summed E-state index contributed by atoms with van der Waals surface area (Å²) in [5.74, 6) is 0. The SMILES string of the molecule is Nc1ccc2nc(NC3CCCc4sccc43)sc2c1. The zero-order chi connectivity index (χ0) is 13.5. The van der Waals surface area contributed by atoms with Crippen molar-refractivity contribution in [1.82, 2.24) is 4.98 Å². The summed E-state index contributed by atoms with van der Waals surface area (Å²) in [7, 11) is 0. The van der Waals surface area contributed by atoms with Crippen LogP contribution in [0.4, 0.5) is 10.8 Å². The van der Waals surface area contributed by atoms with Gasteiger partial charge in [-0.1, -0.05) is 11.3 Å². The Morgan fingerprint density at radius 3 is 3.20 bits per heavy atom. The van der Waals surface area contributed by atoms with Crippen LogP contribution in [-0.4, -0.2) is 4.98 Å². The number of aryl methyl sites for hydroxylation is 1. The zero-order valence-corrected chi connectivity index (χ0v) is 12.6. The number of nitrogens with two attached hydrogens (primary N) is 1. The number of rotatable bonds is 2. The Morgan fingerprint density at radius 2 is 2.25 bits per heavy atom. The van der Waals surface area contributed by atoms with Crippen molar-refractivity contribution in [2.24, 2.45) is 0 Å². The predicted molar refractivity (Wildman–Crippen MR) is 87.7 cm³/mol. The van der Waals surface area contributed by atoms with Crippen LogP contribution in [0.5, 0.6) is 0 Å². The Bertz CT molecular complexity index is 759. The van der Waals surface area contributed by atoms with Gasteiger partial charge in [0.05, 0.1) is 16.3 Å². The average molecular weight is 301 g/mol. The maximum Gasteiger partial charge on any atom is 0.184 e. The second kappa shape index (κ2) is 4.75. The highest BCUT2D eigenvalue weighted by Gasteiger charge is 2.21. The van der Waals surface area contributed by atoms with Crippen molar-refractivity contribution < 1.29 is 0 Å². The van der Waals surface area contributed by atoms with Gasteiger partial charge in [0.2, 0.25) is 0 Å². The standard InChI is InChI=1S/C15H15N3S2/c16-9-4-5-12-14(8-9)20-15(18-12)17-11-2-1-3-13-10(11)6-7-19-13/h4-8,11H,1-3,16H2,(H,17,18). The molecule has 3 nitrogen and oxygen atoms in total.